The Kier molecular flexibility index (Phi) is 4.57. The highest BCUT2D eigenvalue weighted by atomic mass is 15.1. The summed E-state index contributed by atoms with van der Waals surface area (Å²) in [5, 5.41) is 0. The third-order valence-electron chi connectivity index (χ3n) is 3.59. The number of hydrogen-bond donors (Lipinski definition) is 0. The second-order valence-corrected chi connectivity index (χ2v) is 5.45. The van der Waals surface area contributed by atoms with E-state index in [4.69, 9.17) is 0 Å². The Morgan fingerprint density at radius 1 is 1.29 bits per heavy atom. The van der Waals surface area contributed by atoms with Crippen molar-refractivity contribution in [1.29, 1.82) is 0 Å². The first kappa shape index (κ1) is 12.6. The van der Waals surface area contributed by atoms with Gasteiger partial charge in [-0.2, -0.15) is 0 Å². The van der Waals surface area contributed by atoms with E-state index in [1.807, 2.05) is 0 Å². The van der Waals surface area contributed by atoms with Crippen molar-refractivity contribution in [2.24, 2.45) is 5.92 Å². The van der Waals surface area contributed by atoms with Crippen molar-refractivity contribution in [2.45, 2.75) is 19.4 Å². The average Bonchev–Trinajstić information content (AvgIpc) is 2.30. The van der Waals surface area contributed by atoms with Gasteiger partial charge in [0, 0.05) is 19.6 Å². The van der Waals surface area contributed by atoms with Gasteiger partial charge in [0.05, 0.1) is 0 Å². The maximum atomic E-state index is 2.46. The molecule has 17 heavy (non-hydrogen) atoms. The summed E-state index contributed by atoms with van der Waals surface area (Å²) in [5.41, 5.74) is 1.42. The molecular formula is C15H24N2. The van der Waals surface area contributed by atoms with Crippen molar-refractivity contribution < 1.29 is 0 Å². The molecule has 0 spiro atoms. The summed E-state index contributed by atoms with van der Waals surface area (Å²) in [4.78, 5) is 4.92. The first-order valence-corrected chi connectivity index (χ1v) is 6.65. The minimum absolute atomic E-state index is 0.850. The normalized spacial score (nSPS) is 21.9. The molecule has 2 heteroatoms. The Bertz CT molecular complexity index is 323. The van der Waals surface area contributed by atoms with Gasteiger partial charge in [-0.15, -0.1) is 0 Å². The summed E-state index contributed by atoms with van der Waals surface area (Å²) < 4.78 is 0. The highest BCUT2D eigenvalue weighted by Gasteiger charge is 2.18. The van der Waals surface area contributed by atoms with Crippen LogP contribution in [0.2, 0.25) is 0 Å². The van der Waals surface area contributed by atoms with Gasteiger partial charge in [-0.3, -0.25) is 0 Å². The number of hydrogen-bond acceptors (Lipinski definition) is 2. The van der Waals surface area contributed by atoms with Crippen LogP contribution in [0.25, 0.3) is 0 Å². The highest BCUT2D eigenvalue weighted by Crippen LogP contribution is 2.16. The van der Waals surface area contributed by atoms with Gasteiger partial charge in [-0.05, 0) is 45.0 Å². The SMILES string of the molecule is CN1CCC[C@H](CN(C)Cc2ccccc2)C1. The maximum Gasteiger partial charge on any atom is 0.0230 e. The molecule has 1 aromatic rings. The topological polar surface area (TPSA) is 6.48 Å². The van der Waals surface area contributed by atoms with Crippen LogP contribution in [0.3, 0.4) is 0 Å². The number of benzene rings is 1. The van der Waals surface area contributed by atoms with Crippen molar-refractivity contribution in [3.05, 3.63) is 35.9 Å². The third-order valence-corrected chi connectivity index (χ3v) is 3.59. The summed E-state index contributed by atoms with van der Waals surface area (Å²) in [6.45, 7) is 4.83. The molecule has 0 amide bonds. The van der Waals surface area contributed by atoms with Crippen LogP contribution < -0.4 is 0 Å². The van der Waals surface area contributed by atoms with Crippen molar-refractivity contribution in [3.63, 3.8) is 0 Å². The number of piperidine rings is 1. The van der Waals surface area contributed by atoms with E-state index in [9.17, 15) is 0 Å². The lowest BCUT2D eigenvalue weighted by Gasteiger charge is -2.32. The van der Waals surface area contributed by atoms with Gasteiger partial charge in [0.25, 0.3) is 0 Å². The molecule has 1 aliphatic heterocycles. The van der Waals surface area contributed by atoms with E-state index in [0.717, 1.165) is 12.5 Å². The largest absolute Gasteiger partial charge is 0.306 e. The molecule has 1 aliphatic rings. The van der Waals surface area contributed by atoms with Gasteiger partial charge in [0.2, 0.25) is 0 Å². The van der Waals surface area contributed by atoms with Gasteiger partial charge in [0.15, 0.2) is 0 Å². The zero-order valence-corrected chi connectivity index (χ0v) is 11.1. The van der Waals surface area contributed by atoms with E-state index in [-0.39, 0.29) is 0 Å². The van der Waals surface area contributed by atoms with Crippen LogP contribution >= 0.6 is 0 Å². The summed E-state index contributed by atoms with van der Waals surface area (Å²) in [6.07, 6.45) is 2.75. The summed E-state index contributed by atoms with van der Waals surface area (Å²) in [7, 11) is 4.48. The second kappa shape index (κ2) is 6.18. The van der Waals surface area contributed by atoms with E-state index >= 15 is 0 Å². The Morgan fingerprint density at radius 3 is 2.76 bits per heavy atom. The van der Waals surface area contributed by atoms with E-state index in [0.29, 0.717) is 0 Å². The molecule has 0 saturated carbocycles. The molecule has 0 N–H and O–H groups in total. The molecule has 1 fully saturated rings. The molecule has 1 heterocycles. The van der Waals surface area contributed by atoms with E-state index < -0.39 is 0 Å². The number of nitrogens with zero attached hydrogens (tertiary/aromatic N) is 2. The summed E-state index contributed by atoms with van der Waals surface area (Å²) in [6, 6.07) is 10.8. The molecule has 2 nitrogen and oxygen atoms in total. The van der Waals surface area contributed by atoms with Crippen molar-refractivity contribution in [2.75, 3.05) is 33.7 Å². The predicted molar refractivity (Wildman–Crippen MR) is 73.0 cm³/mol. The molecule has 2 rings (SSSR count). The third kappa shape index (κ3) is 4.14. The number of rotatable bonds is 4. The molecule has 1 saturated heterocycles. The van der Waals surface area contributed by atoms with Crippen LogP contribution in [0.1, 0.15) is 18.4 Å². The van der Waals surface area contributed by atoms with Crippen molar-refractivity contribution >= 4 is 0 Å². The first-order valence-electron chi connectivity index (χ1n) is 6.65. The van der Waals surface area contributed by atoms with E-state index in [1.165, 1.54) is 38.0 Å². The molecule has 0 aliphatic carbocycles. The molecule has 94 valence electrons. The average molecular weight is 232 g/mol. The Morgan fingerprint density at radius 2 is 2.06 bits per heavy atom. The summed E-state index contributed by atoms with van der Waals surface area (Å²) in [5.74, 6) is 0.850. The second-order valence-electron chi connectivity index (χ2n) is 5.45. The van der Waals surface area contributed by atoms with Crippen LogP contribution in [0, 0.1) is 5.92 Å². The smallest absolute Gasteiger partial charge is 0.0230 e. The van der Waals surface area contributed by atoms with Gasteiger partial charge in [-0.1, -0.05) is 30.3 Å². The molecular weight excluding hydrogens is 208 g/mol. The summed E-state index contributed by atoms with van der Waals surface area (Å²) >= 11 is 0. The zero-order chi connectivity index (χ0) is 12.1. The van der Waals surface area contributed by atoms with Crippen LogP contribution in [0.5, 0.6) is 0 Å². The fraction of sp³-hybridized carbons (Fsp3) is 0.600. The molecule has 0 unspecified atom stereocenters. The monoisotopic (exact) mass is 232 g/mol. The fourth-order valence-electron chi connectivity index (χ4n) is 2.82. The Labute approximate surface area is 105 Å². The minimum Gasteiger partial charge on any atom is -0.306 e. The molecule has 0 radical (unpaired) electrons. The standard InChI is InChI=1S/C15H24N2/c1-16-10-6-9-15(12-16)13-17(2)11-14-7-4-3-5-8-14/h3-5,7-8,15H,6,9-13H2,1-2H3/t15-/m0/s1. The van der Waals surface area contributed by atoms with E-state index in [1.54, 1.807) is 0 Å². The zero-order valence-electron chi connectivity index (χ0n) is 11.1. The molecule has 1 atom stereocenters. The quantitative estimate of drug-likeness (QED) is 0.787. The molecule has 0 bridgehead atoms. The lowest BCUT2D eigenvalue weighted by molar-refractivity contribution is 0.163. The van der Waals surface area contributed by atoms with Gasteiger partial charge < -0.3 is 9.80 Å². The lowest BCUT2D eigenvalue weighted by atomic mass is 9.98. The van der Waals surface area contributed by atoms with Crippen LogP contribution in [-0.2, 0) is 6.54 Å². The Balaban J connectivity index is 1.79. The van der Waals surface area contributed by atoms with Gasteiger partial charge in [0.1, 0.15) is 0 Å². The molecule has 1 aromatic carbocycles. The maximum absolute atomic E-state index is 2.46. The lowest BCUT2D eigenvalue weighted by Crippen LogP contribution is -2.37. The van der Waals surface area contributed by atoms with Crippen LogP contribution in [0.15, 0.2) is 30.3 Å². The fourth-order valence-corrected chi connectivity index (χ4v) is 2.82. The Hall–Kier alpha value is -0.860. The van der Waals surface area contributed by atoms with Gasteiger partial charge >= 0.3 is 0 Å². The number of likely N-dealkylation sites (tertiary alicyclic amines) is 1. The van der Waals surface area contributed by atoms with Crippen LogP contribution in [-0.4, -0.2) is 43.5 Å². The predicted octanol–water partition coefficient (Wildman–Crippen LogP) is 2.46. The highest BCUT2D eigenvalue weighted by molar-refractivity contribution is 5.14. The van der Waals surface area contributed by atoms with E-state index in [2.05, 4.69) is 54.2 Å². The van der Waals surface area contributed by atoms with Crippen molar-refractivity contribution in [1.82, 2.24) is 9.80 Å². The first-order chi connectivity index (χ1) is 8.24. The van der Waals surface area contributed by atoms with Crippen molar-refractivity contribution in [3.8, 4) is 0 Å². The molecule has 0 aromatic heterocycles. The van der Waals surface area contributed by atoms with Crippen LogP contribution in [0.4, 0.5) is 0 Å². The minimum atomic E-state index is 0.850. The van der Waals surface area contributed by atoms with Gasteiger partial charge in [-0.25, -0.2) is 0 Å².